The summed E-state index contributed by atoms with van der Waals surface area (Å²) < 4.78 is 0. The topological polar surface area (TPSA) is 46.2 Å². The van der Waals surface area contributed by atoms with Crippen LogP contribution in [0.25, 0.3) is 16.7 Å². The Kier molecular flexibility index (Phi) is 1.99. The van der Waals surface area contributed by atoms with Crippen molar-refractivity contribution in [1.29, 1.82) is 0 Å². The van der Waals surface area contributed by atoms with Crippen LogP contribution in [0.5, 0.6) is 5.75 Å². The first-order valence-electron chi connectivity index (χ1n) is 5.55. The number of phenols is 1. The number of allylic oxidation sites excluding steroid dienone is 1. The lowest BCUT2D eigenvalue weighted by Gasteiger charge is -2.22. The van der Waals surface area contributed by atoms with E-state index in [0.717, 1.165) is 28.8 Å². The molecule has 2 aromatic carbocycles. The minimum Gasteiger partial charge on any atom is -0.508 e. The van der Waals surface area contributed by atoms with Crippen molar-refractivity contribution >= 4 is 11.3 Å². The van der Waals surface area contributed by atoms with E-state index >= 15 is 0 Å². The molecule has 0 heterocycles. The van der Waals surface area contributed by atoms with Crippen molar-refractivity contribution in [2.24, 2.45) is 0 Å². The van der Waals surface area contributed by atoms with Gasteiger partial charge >= 0.3 is 0 Å². The van der Waals surface area contributed by atoms with Crippen LogP contribution in [0.2, 0.25) is 0 Å². The van der Waals surface area contributed by atoms with Gasteiger partial charge in [-0.05, 0) is 58.5 Å². The molecule has 2 aromatic rings. The molecule has 0 saturated carbocycles. The second kappa shape index (κ2) is 3.39. The molecule has 2 nitrogen and oxygen atoms in total. The van der Waals surface area contributed by atoms with Gasteiger partial charge in [-0.1, -0.05) is 18.7 Å². The Morgan fingerprint density at radius 2 is 1.76 bits per heavy atom. The number of rotatable bonds is 0. The standard InChI is InChI=1S/C15H13NO/c1-9-6-10-7-11(16)2-4-13(10)14-5-3-12(17)8-15(9)14/h2-5,7-8,17H,1,6,16H2. The highest BCUT2D eigenvalue weighted by molar-refractivity contribution is 5.89. The lowest BCUT2D eigenvalue weighted by atomic mass is 9.83. The highest BCUT2D eigenvalue weighted by atomic mass is 16.3. The molecule has 17 heavy (non-hydrogen) atoms. The quantitative estimate of drug-likeness (QED) is 0.674. The predicted molar refractivity (Wildman–Crippen MR) is 70.7 cm³/mol. The fraction of sp³-hybridized carbons (Fsp3) is 0.0667. The molecule has 0 bridgehead atoms. The van der Waals surface area contributed by atoms with Crippen molar-refractivity contribution in [1.82, 2.24) is 0 Å². The van der Waals surface area contributed by atoms with Crippen molar-refractivity contribution in [3.05, 3.63) is 54.1 Å². The second-order valence-electron chi connectivity index (χ2n) is 4.43. The van der Waals surface area contributed by atoms with Crippen LogP contribution in [-0.2, 0) is 6.42 Å². The third-order valence-corrected chi connectivity index (χ3v) is 3.21. The predicted octanol–water partition coefficient (Wildman–Crippen LogP) is 3.21. The third-order valence-electron chi connectivity index (χ3n) is 3.21. The van der Waals surface area contributed by atoms with E-state index in [1.807, 2.05) is 24.3 Å². The van der Waals surface area contributed by atoms with Crippen molar-refractivity contribution < 1.29 is 5.11 Å². The Morgan fingerprint density at radius 1 is 1.00 bits per heavy atom. The van der Waals surface area contributed by atoms with Crippen molar-refractivity contribution in [2.45, 2.75) is 6.42 Å². The van der Waals surface area contributed by atoms with Crippen LogP contribution in [0.1, 0.15) is 11.1 Å². The molecule has 1 aliphatic carbocycles. The summed E-state index contributed by atoms with van der Waals surface area (Å²) in [5.74, 6) is 0.281. The van der Waals surface area contributed by atoms with E-state index in [2.05, 4.69) is 6.58 Å². The van der Waals surface area contributed by atoms with E-state index in [9.17, 15) is 5.11 Å². The Labute approximate surface area is 100 Å². The summed E-state index contributed by atoms with van der Waals surface area (Å²) in [6.07, 6.45) is 0.789. The highest BCUT2D eigenvalue weighted by Gasteiger charge is 2.18. The zero-order valence-corrected chi connectivity index (χ0v) is 9.40. The number of nitrogen functional groups attached to an aromatic ring is 1. The Hall–Kier alpha value is -2.22. The van der Waals surface area contributed by atoms with Crippen LogP contribution in [0.4, 0.5) is 5.69 Å². The van der Waals surface area contributed by atoms with Crippen LogP contribution in [-0.4, -0.2) is 5.11 Å². The van der Waals surface area contributed by atoms with Gasteiger partial charge in [0.2, 0.25) is 0 Å². The van der Waals surface area contributed by atoms with Gasteiger partial charge in [0.1, 0.15) is 5.75 Å². The molecule has 0 unspecified atom stereocenters. The maximum Gasteiger partial charge on any atom is 0.116 e. The van der Waals surface area contributed by atoms with Crippen LogP contribution < -0.4 is 5.73 Å². The first kappa shape index (κ1) is 9.97. The van der Waals surface area contributed by atoms with Crippen LogP contribution >= 0.6 is 0 Å². The first-order valence-corrected chi connectivity index (χ1v) is 5.55. The smallest absolute Gasteiger partial charge is 0.116 e. The minimum atomic E-state index is 0.281. The van der Waals surface area contributed by atoms with E-state index in [1.54, 1.807) is 12.1 Å². The lowest BCUT2D eigenvalue weighted by Crippen LogP contribution is -2.03. The normalized spacial score (nSPS) is 13.1. The molecule has 0 saturated heterocycles. The number of fused-ring (bicyclic) bond motifs is 3. The van der Waals surface area contributed by atoms with Gasteiger partial charge in [-0.3, -0.25) is 0 Å². The average molecular weight is 223 g/mol. The van der Waals surface area contributed by atoms with E-state index < -0.39 is 0 Å². The van der Waals surface area contributed by atoms with Crippen LogP contribution in [0, 0.1) is 0 Å². The molecular weight excluding hydrogens is 210 g/mol. The second-order valence-corrected chi connectivity index (χ2v) is 4.43. The van der Waals surface area contributed by atoms with Gasteiger partial charge < -0.3 is 10.8 Å². The van der Waals surface area contributed by atoms with Crippen LogP contribution in [0.15, 0.2) is 43.0 Å². The fourth-order valence-corrected chi connectivity index (χ4v) is 2.41. The third kappa shape index (κ3) is 1.49. The van der Waals surface area contributed by atoms with E-state index in [1.165, 1.54) is 11.1 Å². The summed E-state index contributed by atoms with van der Waals surface area (Å²) in [6, 6.07) is 11.4. The Morgan fingerprint density at radius 3 is 2.59 bits per heavy atom. The number of nitrogens with two attached hydrogens (primary N) is 1. The molecule has 0 radical (unpaired) electrons. The summed E-state index contributed by atoms with van der Waals surface area (Å²) in [6.45, 7) is 4.07. The fourth-order valence-electron chi connectivity index (χ4n) is 2.41. The molecule has 0 fully saturated rings. The van der Waals surface area contributed by atoms with Gasteiger partial charge in [0.05, 0.1) is 0 Å². The largest absolute Gasteiger partial charge is 0.508 e. The van der Waals surface area contributed by atoms with E-state index in [-0.39, 0.29) is 5.75 Å². The number of hydrogen-bond donors (Lipinski definition) is 2. The monoisotopic (exact) mass is 223 g/mol. The molecule has 1 aliphatic rings. The molecule has 3 N–H and O–H groups in total. The summed E-state index contributed by atoms with van der Waals surface area (Å²) in [5, 5.41) is 9.54. The lowest BCUT2D eigenvalue weighted by molar-refractivity contribution is 0.475. The van der Waals surface area contributed by atoms with Gasteiger partial charge in [-0.15, -0.1) is 0 Å². The van der Waals surface area contributed by atoms with Gasteiger partial charge in [-0.2, -0.15) is 0 Å². The Balaban J connectivity index is 2.30. The molecule has 0 spiro atoms. The number of phenolic OH excluding ortho intramolecular Hbond substituents is 1. The molecule has 0 aromatic heterocycles. The molecule has 0 aliphatic heterocycles. The SMILES string of the molecule is C=C1Cc2cc(N)ccc2-c2ccc(O)cc21. The Bertz CT molecular complexity index is 629. The van der Waals surface area contributed by atoms with E-state index in [4.69, 9.17) is 5.73 Å². The highest BCUT2D eigenvalue weighted by Crippen LogP contribution is 2.40. The van der Waals surface area contributed by atoms with Gasteiger partial charge in [-0.25, -0.2) is 0 Å². The zero-order valence-electron chi connectivity index (χ0n) is 9.40. The number of hydrogen-bond acceptors (Lipinski definition) is 2. The van der Waals surface area contributed by atoms with Crippen molar-refractivity contribution in [2.75, 3.05) is 5.73 Å². The summed E-state index contributed by atoms with van der Waals surface area (Å²) in [7, 11) is 0. The maximum absolute atomic E-state index is 9.54. The zero-order chi connectivity index (χ0) is 12.0. The molecule has 2 heteroatoms. The van der Waals surface area contributed by atoms with Gasteiger partial charge in [0, 0.05) is 5.69 Å². The average Bonchev–Trinajstić information content (AvgIpc) is 2.29. The number of benzene rings is 2. The molecule has 0 atom stereocenters. The summed E-state index contributed by atoms with van der Waals surface area (Å²) in [5.41, 5.74) is 12.1. The van der Waals surface area contributed by atoms with Crippen molar-refractivity contribution in [3.8, 4) is 16.9 Å². The van der Waals surface area contributed by atoms with Crippen LogP contribution in [0.3, 0.4) is 0 Å². The maximum atomic E-state index is 9.54. The summed E-state index contributed by atoms with van der Waals surface area (Å²) >= 11 is 0. The number of aromatic hydroxyl groups is 1. The molecule has 0 amide bonds. The first-order chi connectivity index (χ1) is 8.15. The van der Waals surface area contributed by atoms with Crippen molar-refractivity contribution in [3.63, 3.8) is 0 Å². The molecule has 84 valence electrons. The molecular formula is C15H13NO. The van der Waals surface area contributed by atoms with E-state index in [0.29, 0.717) is 0 Å². The van der Waals surface area contributed by atoms with Gasteiger partial charge in [0.15, 0.2) is 0 Å². The minimum absolute atomic E-state index is 0.281. The summed E-state index contributed by atoms with van der Waals surface area (Å²) in [4.78, 5) is 0. The number of anilines is 1. The van der Waals surface area contributed by atoms with Gasteiger partial charge in [0.25, 0.3) is 0 Å². The molecule has 3 rings (SSSR count).